The lowest BCUT2D eigenvalue weighted by Crippen LogP contribution is -2.00. The predicted molar refractivity (Wildman–Crippen MR) is 31.2 cm³/mol. The number of hydrogen-bond donors (Lipinski definition) is 0. The summed E-state index contributed by atoms with van der Waals surface area (Å²) in [5, 5.41) is 0. The minimum atomic E-state index is -1.35. The van der Waals surface area contributed by atoms with Crippen molar-refractivity contribution >= 4 is 0 Å². The van der Waals surface area contributed by atoms with Crippen LogP contribution < -0.4 is 0 Å². The molecule has 0 aliphatic heterocycles. The van der Waals surface area contributed by atoms with Crippen LogP contribution in [0.1, 0.15) is 0 Å². The molecular formula is C6H9FO. The summed E-state index contributed by atoms with van der Waals surface area (Å²) in [6.07, 6.45) is 1.22. The summed E-state index contributed by atoms with van der Waals surface area (Å²) >= 11 is 0. The quantitative estimate of drug-likeness (QED) is 0.507. The van der Waals surface area contributed by atoms with Gasteiger partial charge in [-0.1, -0.05) is 12.7 Å². The van der Waals surface area contributed by atoms with Gasteiger partial charge in [-0.2, -0.15) is 0 Å². The summed E-state index contributed by atoms with van der Waals surface area (Å²) in [4.78, 5) is 0. The van der Waals surface area contributed by atoms with Gasteiger partial charge in [-0.3, -0.25) is 0 Å². The van der Waals surface area contributed by atoms with E-state index in [4.69, 9.17) is 0 Å². The first kappa shape index (κ1) is 7.37. The van der Waals surface area contributed by atoms with Crippen LogP contribution in [-0.4, -0.2) is 13.0 Å². The Kier molecular flexibility index (Phi) is 4.17. The maximum absolute atomic E-state index is 11.9. The lowest BCUT2D eigenvalue weighted by molar-refractivity contribution is 0.0134. The molecule has 0 aromatic carbocycles. The van der Waals surface area contributed by atoms with Crippen LogP contribution >= 0.6 is 0 Å². The Balaban J connectivity index is 3.09. The molecule has 1 nitrogen and oxygen atoms in total. The number of rotatable bonds is 4. The maximum atomic E-state index is 11.9. The molecule has 0 amide bonds. The van der Waals surface area contributed by atoms with Gasteiger partial charge in [0.25, 0.3) is 0 Å². The largest absolute Gasteiger partial charge is 0.341 e. The molecule has 0 saturated carbocycles. The zero-order valence-electron chi connectivity index (χ0n) is 4.64. The van der Waals surface area contributed by atoms with Crippen molar-refractivity contribution < 1.29 is 9.13 Å². The Morgan fingerprint density at radius 3 is 2.62 bits per heavy atom. The molecule has 0 bridgehead atoms. The van der Waals surface area contributed by atoms with E-state index in [1.807, 2.05) is 0 Å². The summed E-state index contributed by atoms with van der Waals surface area (Å²) in [5.41, 5.74) is 0. The van der Waals surface area contributed by atoms with Crippen molar-refractivity contribution in [2.24, 2.45) is 0 Å². The third-order valence-corrected chi connectivity index (χ3v) is 0.559. The Hall–Kier alpha value is -0.630. The van der Waals surface area contributed by atoms with E-state index in [0.29, 0.717) is 0 Å². The van der Waals surface area contributed by atoms with E-state index in [1.165, 1.54) is 6.08 Å². The van der Waals surface area contributed by atoms with Crippen LogP contribution in [0.5, 0.6) is 0 Å². The summed E-state index contributed by atoms with van der Waals surface area (Å²) in [6, 6.07) is 0. The van der Waals surface area contributed by atoms with E-state index in [1.54, 1.807) is 0 Å². The van der Waals surface area contributed by atoms with Gasteiger partial charge in [0, 0.05) is 0 Å². The molecule has 0 radical (unpaired) electrons. The van der Waals surface area contributed by atoms with Gasteiger partial charge in [0.15, 0.2) is 0 Å². The van der Waals surface area contributed by atoms with Gasteiger partial charge in [-0.25, -0.2) is 4.39 Å². The van der Waals surface area contributed by atoms with E-state index in [0.717, 1.165) is 6.08 Å². The fourth-order valence-electron chi connectivity index (χ4n) is 0.228. The molecule has 0 spiro atoms. The summed E-state index contributed by atoms with van der Waals surface area (Å²) in [6.45, 7) is 6.75. The standard InChI is InChI=1S/C6H9FO/c1-3-5-8-6(7)4-2/h3-4,6H,1-2,5H2. The Bertz CT molecular complexity index is 80.6. The molecule has 2 heteroatoms. The van der Waals surface area contributed by atoms with Crippen molar-refractivity contribution in [2.45, 2.75) is 6.36 Å². The monoisotopic (exact) mass is 116 g/mol. The minimum Gasteiger partial charge on any atom is -0.341 e. The summed E-state index contributed by atoms with van der Waals surface area (Å²) < 4.78 is 16.4. The first-order valence-electron chi connectivity index (χ1n) is 2.30. The third kappa shape index (κ3) is 3.56. The zero-order valence-corrected chi connectivity index (χ0v) is 4.64. The lowest BCUT2D eigenvalue weighted by atomic mass is 10.6. The van der Waals surface area contributed by atoms with Gasteiger partial charge < -0.3 is 4.74 Å². The van der Waals surface area contributed by atoms with E-state index in [-0.39, 0.29) is 6.61 Å². The van der Waals surface area contributed by atoms with Crippen molar-refractivity contribution in [1.29, 1.82) is 0 Å². The van der Waals surface area contributed by atoms with E-state index >= 15 is 0 Å². The smallest absolute Gasteiger partial charge is 0.218 e. The van der Waals surface area contributed by atoms with Gasteiger partial charge in [0.05, 0.1) is 6.61 Å². The number of ether oxygens (including phenoxy) is 1. The fraction of sp³-hybridized carbons (Fsp3) is 0.333. The molecule has 1 atom stereocenters. The molecule has 0 saturated heterocycles. The number of hydrogen-bond acceptors (Lipinski definition) is 1. The molecule has 0 fully saturated rings. The van der Waals surface area contributed by atoms with Crippen molar-refractivity contribution in [2.75, 3.05) is 6.61 Å². The zero-order chi connectivity index (χ0) is 6.41. The van der Waals surface area contributed by atoms with Crippen molar-refractivity contribution in [3.63, 3.8) is 0 Å². The lowest BCUT2D eigenvalue weighted by Gasteiger charge is -1.98. The molecule has 0 aromatic heterocycles. The fourth-order valence-corrected chi connectivity index (χ4v) is 0.228. The third-order valence-electron chi connectivity index (χ3n) is 0.559. The Morgan fingerprint density at radius 2 is 2.25 bits per heavy atom. The molecule has 0 N–H and O–H groups in total. The molecule has 0 aromatic rings. The molecule has 0 aliphatic rings. The van der Waals surface area contributed by atoms with Gasteiger partial charge >= 0.3 is 0 Å². The molecule has 0 rings (SSSR count). The molecule has 1 unspecified atom stereocenters. The van der Waals surface area contributed by atoms with Gasteiger partial charge in [-0.15, -0.1) is 6.58 Å². The van der Waals surface area contributed by atoms with E-state index in [9.17, 15) is 4.39 Å². The van der Waals surface area contributed by atoms with Crippen molar-refractivity contribution in [1.82, 2.24) is 0 Å². The van der Waals surface area contributed by atoms with Crippen LogP contribution in [0.2, 0.25) is 0 Å². The second-order valence-corrected chi connectivity index (χ2v) is 1.21. The van der Waals surface area contributed by atoms with Crippen LogP contribution in [0, 0.1) is 0 Å². The van der Waals surface area contributed by atoms with Crippen LogP contribution in [0.4, 0.5) is 4.39 Å². The molecule has 8 heavy (non-hydrogen) atoms. The molecule has 46 valence electrons. The SMILES string of the molecule is C=CCOC(F)C=C. The van der Waals surface area contributed by atoms with Crippen LogP contribution in [0.3, 0.4) is 0 Å². The maximum Gasteiger partial charge on any atom is 0.218 e. The Labute approximate surface area is 48.5 Å². The van der Waals surface area contributed by atoms with E-state index < -0.39 is 6.36 Å². The van der Waals surface area contributed by atoms with Gasteiger partial charge in [0.1, 0.15) is 0 Å². The first-order valence-corrected chi connectivity index (χ1v) is 2.30. The average molecular weight is 116 g/mol. The highest BCUT2D eigenvalue weighted by atomic mass is 19.1. The van der Waals surface area contributed by atoms with Crippen LogP contribution in [0.15, 0.2) is 25.3 Å². The predicted octanol–water partition coefficient (Wildman–Crippen LogP) is 1.67. The molecule has 0 aliphatic carbocycles. The Morgan fingerprint density at radius 1 is 1.62 bits per heavy atom. The minimum absolute atomic E-state index is 0.229. The second kappa shape index (κ2) is 4.53. The normalized spacial score (nSPS) is 12.6. The highest BCUT2D eigenvalue weighted by Gasteiger charge is 1.94. The number of alkyl halides is 1. The van der Waals surface area contributed by atoms with Crippen molar-refractivity contribution in [3.8, 4) is 0 Å². The molecule has 0 heterocycles. The highest BCUT2D eigenvalue weighted by Crippen LogP contribution is 1.92. The average Bonchev–Trinajstić information content (AvgIpc) is 1.83. The topological polar surface area (TPSA) is 9.23 Å². The van der Waals surface area contributed by atoms with Gasteiger partial charge in [0.2, 0.25) is 6.36 Å². The molecular weight excluding hydrogens is 107 g/mol. The van der Waals surface area contributed by atoms with Gasteiger partial charge in [-0.05, 0) is 6.08 Å². The van der Waals surface area contributed by atoms with Crippen molar-refractivity contribution in [3.05, 3.63) is 25.3 Å². The van der Waals surface area contributed by atoms with Crippen LogP contribution in [-0.2, 0) is 4.74 Å². The summed E-state index contributed by atoms with van der Waals surface area (Å²) in [7, 11) is 0. The van der Waals surface area contributed by atoms with E-state index in [2.05, 4.69) is 17.9 Å². The highest BCUT2D eigenvalue weighted by molar-refractivity contribution is 4.72. The summed E-state index contributed by atoms with van der Waals surface area (Å²) in [5.74, 6) is 0. The second-order valence-electron chi connectivity index (χ2n) is 1.21. The number of halogens is 1. The first-order chi connectivity index (χ1) is 3.81. The van der Waals surface area contributed by atoms with Crippen LogP contribution in [0.25, 0.3) is 0 Å².